The van der Waals surface area contributed by atoms with Crippen LogP contribution in [-0.4, -0.2) is 23.3 Å². The van der Waals surface area contributed by atoms with E-state index in [4.69, 9.17) is 11.6 Å². The number of anilines is 1. The summed E-state index contributed by atoms with van der Waals surface area (Å²) in [6.45, 7) is 1.36. The van der Waals surface area contributed by atoms with Gasteiger partial charge in [0.1, 0.15) is 0 Å². The predicted molar refractivity (Wildman–Crippen MR) is 98.2 cm³/mol. The van der Waals surface area contributed by atoms with Gasteiger partial charge in [0.05, 0.1) is 10.6 Å². The second-order valence-corrected chi connectivity index (χ2v) is 7.02. The van der Waals surface area contributed by atoms with Gasteiger partial charge < -0.3 is 10.2 Å². The number of amides is 2. The van der Waals surface area contributed by atoms with Crippen molar-refractivity contribution in [1.82, 2.24) is 4.90 Å². The summed E-state index contributed by atoms with van der Waals surface area (Å²) in [5, 5.41) is 3.25. The van der Waals surface area contributed by atoms with E-state index in [2.05, 4.69) is 21.2 Å². The monoisotopic (exact) mass is 406 g/mol. The summed E-state index contributed by atoms with van der Waals surface area (Å²) in [4.78, 5) is 26.0. The average molecular weight is 408 g/mol. The van der Waals surface area contributed by atoms with Gasteiger partial charge in [0, 0.05) is 29.7 Å². The summed E-state index contributed by atoms with van der Waals surface area (Å²) in [7, 11) is 0. The minimum absolute atomic E-state index is 0.186. The molecule has 0 saturated carbocycles. The number of likely N-dealkylation sites (tertiary alicyclic amines) is 1. The highest BCUT2D eigenvalue weighted by Crippen LogP contribution is 2.23. The van der Waals surface area contributed by atoms with Gasteiger partial charge >= 0.3 is 0 Å². The zero-order chi connectivity index (χ0) is 17.1. The highest BCUT2D eigenvalue weighted by Gasteiger charge is 2.20. The molecule has 1 fully saturated rings. The van der Waals surface area contributed by atoms with Gasteiger partial charge in [0.15, 0.2) is 0 Å². The summed E-state index contributed by atoms with van der Waals surface area (Å²) in [5.41, 5.74) is 2.08. The molecule has 1 aliphatic heterocycles. The Kier molecular flexibility index (Phi) is 5.21. The van der Waals surface area contributed by atoms with E-state index in [1.54, 1.807) is 18.2 Å². The standard InChI is InChI=1S/C18H16BrClN2O2/c19-13-6-7-16(20)15(10-13)18(24)21-14-4-1-3-12(9-14)11-22-8-2-5-17(22)23/h1,3-4,6-7,9-10H,2,5,8,11H2,(H,21,24). The topological polar surface area (TPSA) is 49.4 Å². The SMILES string of the molecule is O=C(Nc1cccc(CN2CCCC2=O)c1)c1cc(Br)ccc1Cl. The van der Waals surface area contributed by atoms with Crippen LogP contribution in [0.2, 0.25) is 5.02 Å². The minimum atomic E-state index is -0.268. The molecule has 1 heterocycles. The van der Waals surface area contributed by atoms with Crippen LogP contribution in [0.1, 0.15) is 28.8 Å². The van der Waals surface area contributed by atoms with Crippen LogP contribution in [0.4, 0.5) is 5.69 Å². The molecular weight excluding hydrogens is 392 g/mol. The van der Waals surface area contributed by atoms with Crippen molar-refractivity contribution in [3.05, 3.63) is 63.1 Å². The van der Waals surface area contributed by atoms with Crippen molar-refractivity contribution in [2.45, 2.75) is 19.4 Å². The average Bonchev–Trinajstić information content (AvgIpc) is 2.95. The quantitative estimate of drug-likeness (QED) is 0.812. The molecule has 0 unspecified atom stereocenters. The first kappa shape index (κ1) is 17.0. The van der Waals surface area contributed by atoms with Gasteiger partial charge in [0.25, 0.3) is 5.91 Å². The first-order chi connectivity index (χ1) is 11.5. The number of rotatable bonds is 4. The molecule has 2 amide bonds. The number of carbonyl (C=O) groups is 2. The van der Waals surface area contributed by atoms with Gasteiger partial charge in [-0.2, -0.15) is 0 Å². The van der Waals surface area contributed by atoms with Crippen molar-refractivity contribution in [2.24, 2.45) is 0 Å². The summed E-state index contributed by atoms with van der Waals surface area (Å²) >= 11 is 9.43. The first-order valence-corrected chi connectivity index (χ1v) is 8.83. The molecule has 0 aromatic heterocycles. The lowest BCUT2D eigenvalue weighted by Crippen LogP contribution is -2.23. The Hall–Kier alpha value is -1.85. The molecule has 1 saturated heterocycles. The molecule has 4 nitrogen and oxygen atoms in total. The predicted octanol–water partition coefficient (Wildman–Crippen LogP) is 4.48. The van der Waals surface area contributed by atoms with E-state index in [1.807, 2.05) is 29.2 Å². The lowest BCUT2D eigenvalue weighted by molar-refractivity contribution is -0.128. The number of nitrogens with one attached hydrogen (secondary N) is 1. The van der Waals surface area contributed by atoms with Crippen molar-refractivity contribution >= 4 is 45.0 Å². The largest absolute Gasteiger partial charge is 0.338 e. The van der Waals surface area contributed by atoms with Crippen LogP contribution in [0, 0.1) is 0 Å². The summed E-state index contributed by atoms with van der Waals surface area (Å²) < 4.78 is 0.790. The third-order valence-electron chi connectivity index (χ3n) is 3.90. The van der Waals surface area contributed by atoms with Crippen molar-refractivity contribution in [3.63, 3.8) is 0 Å². The Morgan fingerprint density at radius 1 is 1.25 bits per heavy atom. The highest BCUT2D eigenvalue weighted by molar-refractivity contribution is 9.10. The zero-order valence-corrected chi connectivity index (χ0v) is 15.2. The third kappa shape index (κ3) is 3.97. The zero-order valence-electron chi connectivity index (χ0n) is 12.9. The lowest BCUT2D eigenvalue weighted by Gasteiger charge is -2.16. The van der Waals surface area contributed by atoms with E-state index in [9.17, 15) is 9.59 Å². The number of hydrogen-bond acceptors (Lipinski definition) is 2. The maximum absolute atomic E-state index is 12.4. The van der Waals surface area contributed by atoms with Crippen LogP contribution in [0.3, 0.4) is 0 Å². The lowest BCUT2D eigenvalue weighted by atomic mass is 10.1. The fourth-order valence-electron chi connectivity index (χ4n) is 2.71. The minimum Gasteiger partial charge on any atom is -0.338 e. The van der Waals surface area contributed by atoms with Crippen LogP contribution >= 0.6 is 27.5 Å². The second kappa shape index (κ2) is 7.36. The van der Waals surface area contributed by atoms with Crippen LogP contribution in [0.5, 0.6) is 0 Å². The number of halogens is 2. The molecule has 2 aromatic rings. The molecule has 3 rings (SSSR count). The smallest absolute Gasteiger partial charge is 0.257 e. The number of hydrogen-bond donors (Lipinski definition) is 1. The van der Waals surface area contributed by atoms with Crippen molar-refractivity contribution < 1.29 is 9.59 Å². The molecule has 1 N–H and O–H groups in total. The number of nitrogens with zero attached hydrogens (tertiary/aromatic N) is 1. The third-order valence-corrected chi connectivity index (χ3v) is 4.73. The van der Waals surface area contributed by atoms with Crippen molar-refractivity contribution in [3.8, 4) is 0 Å². The fraction of sp³-hybridized carbons (Fsp3) is 0.222. The Morgan fingerprint density at radius 2 is 2.08 bits per heavy atom. The van der Waals surface area contributed by atoms with E-state index in [-0.39, 0.29) is 11.8 Å². The van der Waals surface area contributed by atoms with E-state index in [0.717, 1.165) is 23.0 Å². The van der Waals surface area contributed by atoms with E-state index in [1.165, 1.54) is 0 Å². The first-order valence-electron chi connectivity index (χ1n) is 7.66. The van der Waals surface area contributed by atoms with E-state index in [0.29, 0.717) is 29.2 Å². The Labute approximate surface area is 153 Å². The van der Waals surface area contributed by atoms with E-state index < -0.39 is 0 Å². The van der Waals surface area contributed by atoms with Gasteiger partial charge in [-0.1, -0.05) is 39.7 Å². The molecule has 0 radical (unpaired) electrons. The molecule has 1 aliphatic rings. The molecule has 0 atom stereocenters. The summed E-state index contributed by atoms with van der Waals surface area (Å²) in [6, 6.07) is 12.7. The van der Waals surface area contributed by atoms with Gasteiger partial charge in [-0.25, -0.2) is 0 Å². The van der Waals surface area contributed by atoms with Crippen molar-refractivity contribution in [2.75, 3.05) is 11.9 Å². The van der Waals surface area contributed by atoms with Crippen LogP contribution in [0.25, 0.3) is 0 Å². The van der Waals surface area contributed by atoms with E-state index >= 15 is 0 Å². The molecule has 24 heavy (non-hydrogen) atoms. The maximum Gasteiger partial charge on any atom is 0.257 e. The van der Waals surface area contributed by atoms with Gasteiger partial charge in [0.2, 0.25) is 5.91 Å². The molecule has 6 heteroatoms. The molecular formula is C18H16BrClN2O2. The van der Waals surface area contributed by atoms with Crippen molar-refractivity contribution in [1.29, 1.82) is 0 Å². The van der Waals surface area contributed by atoms with Gasteiger partial charge in [-0.3, -0.25) is 9.59 Å². The van der Waals surface area contributed by atoms with Crippen LogP contribution < -0.4 is 5.32 Å². The molecule has 0 bridgehead atoms. The maximum atomic E-state index is 12.4. The molecule has 2 aromatic carbocycles. The van der Waals surface area contributed by atoms with Gasteiger partial charge in [-0.15, -0.1) is 0 Å². The van der Waals surface area contributed by atoms with Gasteiger partial charge in [-0.05, 0) is 42.3 Å². The number of benzene rings is 2. The Balaban J connectivity index is 1.73. The summed E-state index contributed by atoms with van der Waals surface area (Å²) in [5.74, 6) is -0.0824. The Morgan fingerprint density at radius 3 is 2.83 bits per heavy atom. The normalized spacial score (nSPS) is 14.1. The highest BCUT2D eigenvalue weighted by atomic mass is 79.9. The van der Waals surface area contributed by atoms with Crippen LogP contribution in [-0.2, 0) is 11.3 Å². The molecule has 124 valence electrons. The number of carbonyl (C=O) groups excluding carboxylic acids is 2. The molecule has 0 aliphatic carbocycles. The fourth-order valence-corrected chi connectivity index (χ4v) is 3.27. The molecule has 0 spiro atoms. The summed E-state index contributed by atoms with van der Waals surface area (Å²) in [6.07, 6.45) is 1.54. The Bertz CT molecular complexity index is 794. The van der Waals surface area contributed by atoms with Crippen LogP contribution in [0.15, 0.2) is 46.9 Å². The second-order valence-electron chi connectivity index (χ2n) is 5.70.